The molecule has 0 saturated heterocycles. The topological polar surface area (TPSA) is 64.6 Å². The van der Waals surface area contributed by atoms with Gasteiger partial charge in [-0.05, 0) is 19.1 Å². The van der Waals surface area contributed by atoms with Gasteiger partial charge in [-0.3, -0.25) is 0 Å². The second-order valence-electron chi connectivity index (χ2n) is 4.20. The molecule has 0 amide bonds. The van der Waals surface area contributed by atoms with Crippen molar-refractivity contribution in [3.63, 3.8) is 0 Å². The first kappa shape index (κ1) is 14.6. The summed E-state index contributed by atoms with van der Waals surface area (Å²) in [4.78, 5) is 0. The minimum Gasteiger partial charge on any atom is -0.497 e. The lowest BCUT2D eigenvalue weighted by Crippen LogP contribution is -2.25. The number of benzene rings is 1. The van der Waals surface area contributed by atoms with Gasteiger partial charge in [0, 0.05) is 18.4 Å². The lowest BCUT2D eigenvalue weighted by Gasteiger charge is -2.17. The predicted molar refractivity (Wildman–Crippen MR) is 72.3 cm³/mol. The maximum Gasteiger partial charge on any atom is 0.149 e. The van der Waals surface area contributed by atoms with Crippen LogP contribution < -0.4 is 14.8 Å². The second kappa shape index (κ2) is 5.95. The molecule has 0 spiro atoms. The first-order chi connectivity index (χ1) is 8.35. The zero-order chi connectivity index (χ0) is 13.8. The summed E-state index contributed by atoms with van der Waals surface area (Å²) in [5.41, 5.74) is 0.745. The van der Waals surface area contributed by atoms with E-state index in [1.165, 1.54) is 6.26 Å². The molecule has 0 aliphatic rings. The van der Waals surface area contributed by atoms with Crippen molar-refractivity contribution in [2.45, 2.75) is 13.0 Å². The van der Waals surface area contributed by atoms with Crippen LogP contribution in [0.15, 0.2) is 18.2 Å². The third kappa shape index (κ3) is 4.44. The highest BCUT2D eigenvalue weighted by Gasteiger charge is 2.12. The van der Waals surface area contributed by atoms with Gasteiger partial charge in [-0.1, -0.05) is 0 Å². The van der Waals surface area contributed by atoms with Crippen LogP contribution in [0.2, 0.25) is 0 Å². The first-order valence-electron chi connectivity index (χ1n) is 5.52. The molecule has 1 atom stereocenters. The van der Waals surface area contributed by atoms with Crippen molar-refractivity contribution in [2.75, 3.05) is 31.5 Å². The van der Waals surface area contributed by atoms with Crippen LogP contribution in [0, 0.1) is 0 Å². The molecule has 1 unspecified atom stereocenters. The monoisotopic (exact) mass is 273 g/mol. The highest BCUT2D eigenvalue weighted by Crippen LogP contribution is 2.29. The molecule has 0 saturated carbocycles. The van der Waals surface area contributed by atoms with E-state index < -0.39 is 9.84 Å². The van der Waals surface area contributed by atoms with Crippen LogP contribution in [-0.2, 0) is 9.84 Å². The fourth-order valence-corrected chi connectivity index (χ4v) is 2.67. The zero-order valence-electron chi connectivity index (χ0n) is 11.1. The standard InChI is InChI=1S/C12H19NO4S/c1-9(8-18(4,14)15)13-11-6-5-10(16-2)7-12(11)17-3/h5-7,9,13H,8H2,1-4H3. The smallest absolute Gasteiger partial charge is 0.149 e. The van der Waals surface area contributed by atoms with Crippen LogP contribution in [0.3, 0.4) is 0 Å². The molecular formula is C12H19NO4S. The van der Waals surface area contributed by atoms with E-state index in [4.69, 9.17) is 9.47 Å². The maximum absolute atomic E-state index is 11.2. The lowest BCUT2D eigenvalue weighted by atomic mass is 10.2. The summed E-state index contributed by atoms with van der Waals surface area (Å²) < 4.78 is 32.7. The second-order valence-corrected chi connectivity index (χ2v) is 6.39. The largest absolute Gasteiger partial charge is 0.497 e. The van der Waals surface area contributed by atoms with Crippen LogP contribution in [0.25, 0.3) is 0 Å². The van der Waals surface area contributed by atoms with Gasteiger partial charge >= 0.3 is 0 Å². The van der Waals surface area contributed by atoms with E-state index in [-0.39, 0.29) is 11.8 Å². The van der Waals surface area contributed by atoms with Gasteiger partial charge in [0.1, 0.15) is 21.3 Å². The summed E-state index contributed by atoms with van der Waals surface area (Å²) in [6, 6.07) is 5.14. The van der Waals surface area contributed by atoms with Crippen molar-refractivity contribution >= 4 is 15.5 Å². The van der Waals surface area contributed by atoms with Gasteiger partial charge in [-0.15, -0.1) is 0 Å². The number of methoxy groups -OCH3 is 2. The van der Waals surface area contributed by atoms with Gasteiger partial charge in [-0.2, -0.15) is 0 Å². The Bertz CT molecular complexity index is 499. The Morgan fingerprint density at radius 3 is 2.44 bits per heavy atom. The van der Waals surface area contributed by atoms with Crippen LogP contribution in [0.5, 0.6) is 11.5 Å². The molecule has 1 rings (SSSR count). The summed E-state index contributed by atoms with van der Waals surface area (Å²) in [5, 5.41) is 3.11. The van der Waals surface area contributed by atoms with Gasteiger partial charge in [0.15, 0.2) is 0 Å². The van der Waals surface area contributed by atoms with Crippen molar-refractivity contribution in [1.82, 2.24) is 0 Å². The Hall–Kier alpha value is -1.43. The van der Waals surface area contributed by atoms with E-state index in [2.05, 4.69) is 5.32 Å². The Labute approximate surface area is 108 Å². The van der Waals surface area contributed by atoms with Gasteiger partial charge in [-0.25, -0.2) is 8.42 Å². The Morgan fingerprint density at radius 1 is 1.28 bits per heavy atom. The number of hydrogen-bond donors (Lipinski definition) is 1. The number of hydrogen-bond acceptors (Lipinski definition) is 5. The quantitative estimate of drug-likeness (QED) is 0.852. The van der Waals surface area contributed by atoms with Crippen LogP contribution in [0.4, 0.5) is 5.69 Å². The number of ether oxygens (including phenoxy) is 2. The molecule has 0 aromatic heterocycles. The van der Waals surface area contributed by atoms with Crippen LogP contribution in [0.1, 0.15) is 6.92 Å². The molecule has 0 heterocycles. The van der Waals surface area contributed by atoms with Crippen molar-refractivity contribution in [3.8, 4) is 11.5 Å². The number of sulfone groups is 1. The van der Waals surface area contributed by atoms with Gasteiger partial charge in [0.2, 0.25) is 0 Å². The lowest BCUT2D eigenvalue weighted by molar-refractivity contribution is 0.395. The molecule has 0 aliphatic carbocycles. The highest BCUT2D eigenvalue weighted by molar-refractivity contribution is 7.90. The van der Waals surface area contributed by atoms with Crippen molar-refractivity contribution in [3.05, 3.63) is 18.2 Å². The van der Waals surface area contributed by atoms with E-state index in [9.17, 15) is 8.42 Å². The summed E-state index contributed by atoms with van der Waals surface area (Å²) in [5.74, 6) is 1.38. The third-order valence-electron chi connectivity index (χ3n) is 2.36. The van der Waals surface area contributed by atoms with Crippen LogP contribution >= 0.6 is 0 Å². The Balaban J connectivity index is 2.84. The fourth-order valence-electron chi connectivity index (χ4n) is 1.68. The average Bonchev–Trinajstić information content (AvgIpc) is 2.27. The Kier molecular flexibility index (Phi) is 4.84. The van der Waals surface area contributed by atoms with Crippen molar-refractivity contribution < 1.29 is 17.9 Å². The molecule has 102 valence electrons. The molecule has 0 bridgehead atoms. The summed E-state index contributed by atoms with van der Waals surface area (Å²) in [6.45, 7) is 1.81. The highest BCUT2D eigenvalue weighted by atomic mass is 32.2. The molecule has 1 aromatic carbocycles. The summed E-state index contributed by atoms with van der Waals surface area (Å²) in [7, 11) is 0.130. The van der Waals surface area contributed by atoms with E-state index in [1.54, 1.807) is 32.4 Å². The van der Waals surface area contributed by atoms with E-state index in [0.29, 0.717) is 11.5 Å². The van der Waals surface area contributed by atoms with E-state index in [1.807, 2.05) is 6.92 Å². The number of rotatable bonds is 6. The zero-order valence-corrected chi connectivity index (χ0v) is 11.9. The van der Waals surface area contributed by atoms with Crippen LogP contribution in [-0.4, -0.2) is 40.7 Å². The first-order valence-corrected chi connectivity index (χ1v) is 7.58. The maximum atomic E-state index is 11.2. The minimum absolute atomic E-state index is 0.0716. The third-order valence-corrected chi connectivity index (χ3v) is 3.47. The van der Waals surface area contributed by atoms with E-state index >= 15 is 0 Å². The number of anilines is 1. The normalized spacial score (nSPS) is 12.9. The molecule has 5 nitrogen and oxygen atoms in total. The molecule has 6 heteroatoms. The van der Waals surface area contributed by atoms with Gasteiger partial charge in [0.25, 0.3) is 0 Å². The molecule has 0 aliphatic heterocycles. The average molecular weight is 273 g/mol. The SMILES string of the molecule is COc1ccc(NC(C)CS(C)(=O)=O)c(OC)c1. The molecular weight excluding hydrogens is 254 g/mol. The summed E-state index contributed by atoms with van der Waals surface area (Å²) >= 11 is 0. The predicted octanol–water partition coefficient (Wildman–Crippen LogP) is 1.55. The van der Waals surface area contributed by atoms with Gasteiger partial charge in [0.05, 0.1) is 25.7 Å². The molecule has 0 radical (unpaired) electrons. The van der Waals surface area contributed by atoms with E-state index in [0.717, 1.165) is 5.69 Å². The van der Waals surface area contributed by atoms with Crippen molar-refractivity contribution in [2.24, 2.45) is 0 Å². The van der Waals surface area contributed by atoms with Crippen molar-refractivity contribution in [1.29, 1.82) is 0 Å². The number of nitrogens with one attached hydrogen (secondary N) is 1. The molecule has 1 aromatic rings. The van der Waals surface area contributed by atoms with Gasteiger partial charge < -0.3 is 14.8 Å². The Morgan fingerprint density at radius 2 is 1.94 bits per heavy atom. The molecule has 0 fully saturated rings. The molecule has 18 heavy (non-hydrogen) atoms. The minimum atomic E-state index is -3.00. The molecule has 1 N–H and O–H groups in total. The fraction of sp³-hybridized carbons (Fsp3) is 0.500. The summed E-state index contributed by atoms with van der Waals surface area (Å²) in [6.07, 6.45) is 1.22.